The predicted molar refractivity (Wildman–Crippen MR) is 75.6 cm³/mol. The molecule has 0 aliphatic carbocycles. The second kappa shape index (κ2) is 4.69. The first-order chi connectivity index (χ1) is 8.88. The molecule has 18 heavy (non-hydrogen) atoms. The third-order valence-corrected chi connectivity index (χ3v) is 3.30. The van der Waals surface area contributed by atoms with Crippen LogP contribution in [-0.2, 0) is 6.42 Å². The fourth-order valence-corrected chi connectivity index (χ4v) is 2.48. The number of rotatable bonds is 3. The van der Waals surface area contributed by atoms with E-state index in [1.54, 1.807) is 0 Å². The highest BCUT2D eigenvalue weighted by atomic mass is 15.2. The molecule has 1 aromatic heterocycles. The third-order valence-electron chi connectivity index (χ3n) is 3.30. The lowest BCUT2D eigenvalue weighted by atomic mass is 10.2. The van der Waals surface area contributed by atoms with Crippen molar-refractivity contribution in [3.8, 4) is 0 Å². The van der Waals surface area contributed by atoms with Crippen LogP contribution in [0.15, 0.2) is 42.7 Å². The summed E-state index contributed by atoms with van der Waals surface area (Å²) in [6.45, 7) is 4.05. The molecule has 0 bridgehead atoms. The van der Waals surface area contributed by atoms with Crippen molar-refractivity contribution in [3.63, 3.8) is 0 Å². The van der Waals surface area contributed by atoms with E-state index in [-0.39, 0.29) is 0 Å². The van der Waals surface area contributed by atoms with Gasteiger partial charge in [-0.05, 0) is 31.0 Å². The number of nitrogens with one attached hydrogen (secondary N) is 1. The van der Waals surface area contributed by atoms with Crippen molar-refractivity contribution in [2.45, 2.75) is 13.3 Å². The van der Waals surface area contributed by atoms with Crippen molar-refractivity contribution in [2.24, 2.45) is 0 Å². The Labute approximate surface area is 107 Å². The number of anilines is 3. The maximum Gasteiger partial charge on any atom is 0.0618 e. The van der Waals surface area contributed by atoms with E-state index in [0.717, 1.165) is 25.2 Å². The van der Waals surface area contributed by atoms with Crippen LogP contribution in [0.3, 0.4) is 0 Å². The molecule has 3 nitrogen and oxygen atoms in total. The Morgan fingerprint density at radius 3 is 3.06 bits per heavy atom. The Balaban J connectivity index is 1.94. The van der Waals surface area contributed by atoms with Gasteiger partial charge in [-0.3, -0.25) is 4.98 Å². The van der Waals surface area contributed by atoms with Crippen LogP contribution in [0.4, 0.5) is 17.1 Å². The van der Waals surface area contributed by atoms with Gasteiger partial charge in [-0.15, -0.1) is 0 Å². The molecule has 0 spiro atoms. The molecule has 0 unspecified atom stereocenters. The molecular formula is C15H17N3. The zero-order valence-corrected chi connectivity index (χ0v) is 10.6. The quantitative estimate of drug-likeness (QED) is 0.891. The van der Waals surface area contributed by atoms with Crippen LogP contribution in [0.5, 0.6) is 0 Å². The zero-order valence-electron chi connectivity index (χ0n) is 10.6. The third kappa shape index (κ3) is 1.92. The number of para-hydroxylation sites is 1. The van der Waals surface area contributed by atoms with Gasteiger partial charge >= 0.3 is 0 Å². The van der Waals surface area contributed by atoms with Crippen molar-refractivity contribution in [1.29, 1.82) is 0 Å². The molecule has 0 saturated carbocycles. The predicted octanol–water partition coefficient (Wildman–Crippen LogP) is 3.21. The van der Waals surface area contributed by atoms with E-state index in [0.29, 0.717) is 0 Å². The summed E-state index contributed by atoms with van der Waals surface area (Å²) >= 11 is 0. The lowest BCUT2D eigenvalue weighted by Gasteiger charge is -2.19. The Bertz CT molecular complexity index is 551. The van der Waals surface area contributed by atoms with E-state index < -0.39 is 0 Å². The SMILES string of the molecule is CCNc1cncc(N2CCc3ccccc32)c1. The molecule has 2 heterocycles. The van der Waals surface area contributed by atoms with Gasteiger partial charge in [0.15, 0.2) is 0 Å². The molecule has 3 rings (SSSR count). The van der Waals surface area contributed by atoms with Crippen molar-refractivity contribution in [1.82, 2.24) is 4.98 Å². The number of hydrogen-bond donors (Lipinski definition) is 1. The summed E-state index contributed by atoms with van der Waals surface area (Å²) in [6, 6.07) is 10.8. The highest BCUT2D eigenvalue weighted by Gasteiger charge is 2.19. The monoisotopic (exact) mass is 239 g/mol. The second-order valence-electron chi connectivity index (χ2n) is 4.49. The average Bonchev–Trinajstić information content (AvgIpc) is 2.83. The first-order valence-corrected chi connectivity index (χ1v) is 6.43. The van der Waals surface area contributed by atoms with E-state index >= 15 is 0 Å². The summed E-state index contributed by atoms with van der Waals surface area (Å²) in [5.41, 5.74) is 4.98. The van der Waals surface area contributed by atoms with Gasteiger partial charge in [0, 0.05) is 18.8 Å². The number of nitrogens with zero attached hydrogens (tertiary/aromatic N) is 2. The Morgan fingerprint density at radius 2 is 2.17 bits per heavy atom. The summed E-state index contributed by atoms with van der Waals surface area (Å²) < 4.78 is 0. The molecule has 0 saturated heterocycles. The normalized spacial score (nSPS) is 13.5. The van der Waals surface area contributed by atoms with Gasteiger partial charge in [0.25, 0.3) is 0 Å². The summed E-state index contributed by atoms with van der Waals surface area (Å²) in [7, 11) is 0. The molecule has 1 aliphatic heterocycles. The Morgan fingerprint density at radius 1 is 1.28 bits per heavy atom. The molecule has 0 amide bonds. The number of aromatic nitrogens is 1. The summed E-state index contributed by atoms with van der Waals surface area (Å²) in [5, 5.41) is 3.31. The van der Waals surface area contributed by atoms with Gasteiger partial charge in [-0.2, -0.15) is 0 Å². The molecule has 2 aromatic rings. The van der Waals surface area contributed by atoms with Crippen LogP contribution in [0, 0.1) is 0 Å². The summed E-state index contributed by atoms with van der Waals surface area (Å²) in [4.78, 5) is 6.65. The van der Waals surface area contributed by atoms with Gasteiger partial charge in [0.05, 0.1) is 23.8 Å². The van der Waals surface area contributed by atoms with Gasteiger partial charge in [0.1, 0.15) is 0 Å². The van der Waals surface area contributed by atoms with E-state index in [1.807, 2.05) is 12.4 Å². The van der Waals surface area contributed by atoms with Crippen molar-refractivity contribution in [2.75, 3.05) is 23.3 Å². The summed E-state index contributed by atoms with van der Waals surface area (Å²) in [5.74, 6) is 0. The Hall–Kier alpha value is -2.03. The van der Waals surface area contributed by atoms with Crippen LogP contribution in [0.1, 0.15) is 12.5 Å². The molecule has 1 aromatic carbocycles. The highest BCUT2D eigenvalue weighted by Crippen LogP contribution is 2.34. The molecule has 1 aliphatic rings. The van der Waals surface area contributed by atoms with E-state index in [1.165, 1.54) is 16.9 Å². The number of benzene rings is 1. The average molecular weight is 239 g/mol. The van der Waals surface area contributed by atoms with Gasteiger partial charge in [-0.25, -0.2) is 0 Å². The van der Waals surface area contributed by atoms with Crippen molar-refractivity contribution in [3.05, 3.63) is 48.3 Å². The van der Waals surface area contributed by atoms with Crippen molar-refractivity contribution < 1.29 is 0 Å². The maximum atomic E-state index is 4.32. The standard InChI is InChI=1S/C15H17N3/c1-2-17-13-9-14(11-16-10-13)18-8-7-12-5-3-4-6-15(12)18/h3-6,9-11,17H,2,7-8H2,1H3. The van der Waals surface area contributed by atoms with E-state index in [4.69, 9.17) is 0 Å². The highest BCUT2D eigenvalue weighted by molar-refractivity contribution is 5.71. The summed E-state index contributed by atoms with van der Waals surface area (Å²) in [6.07, 6.45) is 4.92. The van der Waals surface area contributed by atoms with Gasteiger partial charge < -0.3 is 10.2 Å². The van der Waals surface area contributed by atoms with Crippen LogP contribution in [0.2, 0.25) is 0 Å². The lowest BCUT2D eigenvalue weighted by Crippen LogP contribution is -2.13. The number of hydrogen-bond acceptors (Lipinski definition) is 3. The minimum absolute atomic E-state index is 0.918. The van der Waals surface area contributed by atoms with Crippen LogP contribution in [-0.4, -0.2) is 18.1 Å². The topological polar surface area (TPSA) is 28.2 Å². The molecule has 1 N–H and O–H groups in total. The first-order valence-electron chi connectivity index (χ1n) is 6.43. The van der Waals surface area contributed by atoms with Crippen molar-refractivity contribution >= 4 is 17.1 Å². The Kier molecular flexibility index (Phi) is 2.89. The fraction of sp³-hybridized carbons (Fsp3) is 0.267. The number of pyridine rings is 1. The molecule has 0 radical (unpaired) electrons. The molecule has 92 valence electrons. The second-order valence-corrected chi connectivity index (χ2v) is 4.49. The van der Waals surface area contributed by atoms with Gasteiger partial charge in [0.2, 0.25) is 0 Å². The smallest absolute Gasteiger partial charge is 0.0618 e. The maximum absolute atomic E-state index is 4.32. The van der Waals surface area contributed by atoms with E-state index in [2.05, 4.69) is 52.5 Å². The van der Waals surface area contributed by atoms with Crippen LogP contribution >= 0.6 is 0 Å². The minimum Gasteiger partial charge on any atom is -0.384 e. The molecule has 0 atom stereocenters. The zero-order chi connectivity index (χ0) is 12.4. The number of fused-ring (bicyclic) bond motifs is 1. The largest absolute Gasteiger partial charge is 0.384 e. The minimum atomic E-state index is 0.918. The fourth-order valence-electron chi connectivity index (χ4n) is 2.48. The lowest BCUT2D eigenvalue weighted by molar-refractivity contribution is 0.992. The molecule has 0 fully saturated rings. The molecular weight excluding hydrogens is 222 g/mol. The van der Waals surface area contributed by atoms with Crippen LogP contribution in [0.25, 0.3) is 0 Å². The van der Waals surface area contributed by atoms with E-state index in [9.17, 15) is 0 Å². The van der Waals surface area contributed by atoms with Gasteiger partial charge in [-0.1, -0.05) is 18.2 Å². The first kappa shape index (κ1) is 11.1. The molecule has 3 heteroatoms. The van der Waals surface area contributed by atoms with Crippen LogP contribution < -0.4 is 10.2 Å².